The fraction of sp³-hybridized carbons (Fsp3) is 0.400. The van der Waals surface area contributed by atoms with Crippen molar-refractivity contribution in [1.82, 2.24) is 10.3 Å². The van der Waals surface area contributed by atoms with E-state index >= 15 is 0 Å². The van der Waals surface area contributed by atoms with Gasteiger partial charge in [0.25, 0.3) is 0 Å². The SMILES string of the molecule is COc1ccc([N+](=O)[O-])c(NCCNC(C)=O)n1. The molecule has 0 unspecified atom stereocenters. The average molecular weight is 254 g/mol. The van der Waals surface area contributed by atoms with Crippen molar-refractivity contribution in [3.63, 3.8) is 0 Å². The highest BCUT2D eigenvalue weighted by molar-refractivity contribution is 5.72. The van der Waals surface area contributed by atoms with Crippen molar-refractivity contribution in [2.75, 3.05) is 25.5 Å². The summed E-state index contributed by atoms with van der Waals surface area (Å²) < 4.78 is 4.89. The minimum atomic E-state index is -0.535. The third-order valence-corrected chi connectivity index (χ3v) is 2.05. The Labute approximate surface area is 104 Å². The van der Waals surface area contributed by atoms with Gasteiger partial charge in [-0.15, -0.1) is 0 Å². The summed E-state index contributed by atoms with van der Waals surface area (Å²) in [5.74, 6) is 0.234. The predicted octanol–water partition coefficient (Wildman–Crippen LogP) is 0.546. The first-order valence-electron chi connectivity index (χ1n) is 5.22. The summed E-state index contributed by atoms with van der Waals surface area (Å²) in [6.45, 7) is 2.08. The molecular formula is C10H14N4O4. The molecule has 98 valence electrons. The number of rotatable bonds is 6. The lowest BCUT2D eigenvalue weighted by molar-refractivity contribution is -0.384. The Morgan fingerprint density at radius 2 is 2.22 bits per heavy atom. The summed E-state index contributed by atoms with van der Waals surface area (Å²) in [5.41, 5.74) is -0.140. The smallest absolute Gasteiger partial charge is 0.311 e. The highest BCUT2D eigenvalue weighted by Gasteiger charge is 2.15. The van der Waals surface area contributed by atoms with Gasteiger partial charge in [-0.3, -0.25) is 14.9 Å². The standard InChI is InChI=1S/C10H14N4O4/c1-7(15)11-5-6-12-10-8(14(16)17)3-4-9(13-10)18-2/h3-4H,5-6H2,1-2H3,(H,11,15)(H,12,13). The lowest BCUT2D eigenvalue weighted by Gasteiger charge is -2.07. The lowest BCUT2D eigenvalue weighted by Crippen LogP contribution is -2.26. The molecule has 18 heavy (non-hydrogen) atoms. The first-order chi connectivity index (χ1) is 8.54. The van der Waals surface area contributed by atoms with Crippen molar-refractivity contribution in [3.8, 4) is 5.88 Å². The highest BCUT2D eigenvalue weighted by Crippen LogP contribution is 2.24. The fourth-order valence-corrected chi connectivity index (χ4v) is 1.24. The largest absolute Gasteiger partial charge is 0.481 e. The monoisotopic (exact) mass is 254 g/mol. The number of hydrogen-bond donors (Lipinski definition) is 2. The van der Waals surface area contributed by atoms with Gasteiger partial charge in [0.05, 0.1) is 12.0 Å². The number of nitrogens with zero attached hydrogens (tertiary/aromatic N) is 2. The van der Waals surface area contributed by atoms with Gasteiger partial charge in [0.15, 0.2) is 0 Å². The molecule has 0 aliphatic rings. The van der Waals surface area contributed by atoms with E-state index in [0.717, 1.165) is 0 Å². The van der Waals surface area contributed by atoms with E-state index in [1.54, 1.807) is 0 Å². The van der Waals surface area contributed by atoms with Gasteiger partial charge in [-0.1, -0.05) is 0 Å². The molecule has 0 aliphatic heterocycles. The zero-order valence-corrected chi connectivity index (χ0v) is 10.1. The maximum Gasteiger partial charge on any atom is 0.311 e. The van der Waals surface area contributed by atoms with Gasteiger partial charge in [0.1, 0.15) is 0 Å². The van der Waals surface area contributed by atoms with Crippen LogP contribution >= 0.6 is 0 Å². The van der Waals surface area contributed by atoms with Crippen LogP contribution in [0.3, 0.4) is 0 Å². The normalized spacial score (nSPS) is 9.67. The number of anilines is 1. The van der Waals surface area contributed by atoms with E-state index in [2.05, 4.69) is 15.6 Å². The van der Waals surface area contributed by atoms with Crippen LogP contribution in [0.15, 0.2) is 12.1 Å². The zero-order valence-electron chi connectivity index (χ0n) is 10.1. The van der Waals surface area contributed by atoms with Crippen LogP contribution in [0.1, 0.15) is 6.92 Å². The zero-order chi connectivity index (χ0) is 13.5. The maximum atomic E-state index is 10.8. The molecule has 0 aromatic carbocycles. The van der Waals surface area contributed by atoms with Crippen molar-refractivity contribution in [3.05, 3.63) is 22.2 Å². The minimum Gasteiger partial charge on any atom is -0.481 e. The van der Waals surface area contributed by atoms with Crippen LogP contribution in [0, 0.1) is 10.1 Å². The van der Waals surface area contributed by atoms with Crippen LogP contribution in [-0.4, -0.2) is 36.0 Å². The topological polar surface area (TPSA) is 106 Å². The third-order valence-electron chi connectivity index (χ3n) is 2.05. The van der Waals surface area contributed by atoms with E-state index in [0.29, 0.717) is 13.1 Å². The molecule has 1 amide bonds. The van der Waals surface area contributed by atoms with Crippen LogP contribution in [0.5, 0.6) is 5.88 Å². The summed E-state index contributed by atoms with van der Waals surface area (Å²) in [6, 6.07) is 2.73. The molecular weight excluding hydrogens is 240 g/mol. The molecule has 1 aromatic rings. The number of ether oxygens (including phenoxy) is 1. The van der Waals surface area contributed by atoms with Crippen LogP contribution in [0.25, 0.3) is 0 Å². The summed E-state index contributed by atoms with van der Waals surface area (Å²) in [5, 5.41) is 16.1. The number of carbonyl (C=O) groups excluding carboxylic acids is 1. The molecule has 0 saturated carbocycles. The van der Waals surface area contributed by atoms with Crippen LogP contribution in [-0.2, 0) is 4.79 Å². The van der Waals surface area contributed by atoms with E-state index in [4.69, 9.17) is 4.74 Å². The second kappa shape index (κ2) is 6.38. The number of pyridine rings is 1. The summed E-state index contributed by atoms with van der Waals surface area (Å²) in [7, 11) is 1.43. The Kier molecular flexibility index (Phi) is 4.85. The molecule has 0 bridgehead atoms. The third kappa shape index (κ3) is 3.89. The first-order valence-corrected chi connectivity index (χ1v) is 5.22. The van der Waals surface area contributed by atoms with Crippen molar-refractivity contribution >= 4 is 17.4 Å². The lowest BCUT2D eigenvalue weighted by atomic mass is 10.4. The molecule has 8 nitrogen and oxygen atoms in total. The van der Waals surface area contributed by atoms with Gasteiger partial charge in [-0.05, 0) is 0 Å². The second-order valence-electron chi connectivity index (χ2n) is 3.39. The van der Waals surface area contributed by atoms with Crippen molar-refractivity contribution in [2.24, 2.45) is 0 Å². The van der Waals surface area contributed by atoms with E-state index in [9.17, 15) is 14.9 Å². The molecule has 1 aromatic heterocycles. The number of carbonyl (C=O) groups is 1. The molecule has 0 saturated heterocycles. The Morgan fingerprint density at radius 1 is 1.50 bits per heavy atom. The van der Waals surface area contributed by atoms with E-state index in [1.807, 2.05) is 0 Å². The van der Waals surface area contributed by atoms with Gasteiger partial charge in [-0.25, -0.2) is 0 Å². The van der Waals surface area contributed by atoms with Crippen LogP contribution < -0.4 is 15.4 Å². The average Bonchev–Trinajstić information content (AvgIpc) is 2.33. The molecule has 0 aliphatic carbocycles. The molecule has 8 heteroatoms. The van der Waals surface area contributed by atoms with Gasteiger partial charge in [-0.2, -0.15) is 4.98 Å². The Bertz CT molecular complexity index is 450. The summed E-state index contributed by atoms with van der Waals surface area (Å²) in [6.07, 6.45) is 0. The predicted molar refractivity (Wildman–Crippen MR) is 64.6 cm³/mol. The van der Waals surface area contributed by atoms with Gasteiger partial charge < -0.3 is 15.4 Å². The number of hydrogen-bond acceptors (Lipinski definition) is 6. The van der Waals surface area contributed by atoms with Crippen molar-refractivity contribution in [1.29, 1.82) is 0 Å². The molecule has 0 radical (unpaired) electrons. The maximum absolute atomic E-state index is 10.8. The Hall–Kier alpha value is -2.38. The number of nitrogens with one attached hydrogen (secondary N) is 2. The van der Waals surface area contributed by atoms with E-state index in [1.165, 1.54) is 26.2 Å². The number of methoxy groups -OCH3 is 1. The van der Waals surface area contributed by atoms with Gasteiger partial charge in [0, 0.05) is 32.1 Å². The summed E-state index contributed by atoms with van der Waals surface area (Å²) >= 11 is 0. The van der Waals surface area contributed by atoms with Crippen molar-refractivity contribution < 1.29 is 14.5 Å². The quantitative estimate of drug-likeness (QED) is 0.436. The molecule has 1 heterocycles. The molecule has 2 N–H and O–H groups in total. The second-order valence-corrected chi connectivity index (χ2v) is 3.39. The van der Waals surface area contributed by atoms with Gasteiger partial charge >= 0.3 is 5.69 Å². The summed E-state index contributed by atoms with van der Waals surface area (Å²) in [4.78, 5) is 24.8. The first kappa shape index (κ1) is 13.7. The van der Waals surface area contributed by atoms with Crippen LogP contribution in [0.2, 0.25) is 0 Å². The number of aromatic nitrogens is 1. The number of amides is 1. The van der Waals surface area contributed by atoms with E-state index < -0.39 is 4.92 Å². The molecule has 0 fully saturated rings. The van der Waals surface area contributed by atoms with Crippen molar-refractivity contribution in [2.45, 2.75) is 6.92 Å². The molecule has 0 atom stereocenters. The Morgan fingerprint density at radius 3 is 2.78 bits per heavy atom. The molecule has 0 spiro atoms. The number of nitro groups is 1. The van der Waals surface area contributed by atoms with E-state index in [-0.39, 0.29) is 23.3 Å². The van der Waals surface area contributed by atoms with Crippen LogP contribution in [0.4, 0.5) is 11.5 Å². The minimum absolute atomic E-state index is 0.115. The highest BCUT2D eigenvalue weighted by atomic mass is 16.6. The molecule has 1 rings (SSSR count). The fourth-order valence-electron chi connectivity index (χ4n) is 1.24. The Balaban J connectivity index is 2.71. The van der Waals surface area contributed by atoms with Gasteiger partial charge in [0.2, 0.25) is 17.6 Å².